The quantitative estimate of drug-likeness (QED) is 0.585. The Kier molecular flexibility index (Phi) is 7.62. The molecule has 1 amide bonds. The molecule has 1 aliphatic heterocycles. The third-order valence-electron chi connectivity index (χ3n) is 7.59. The number of hydrogen-bond acceptors (Lipinski definition) is 7. The van der Waals surface area contributed by atoms with Gasteiger partial charge in [0.1, 0.15) is 5.54 Å². The van der Waals surface area contributed by atoms with E-state index in [-0.39, 0.29) is 18.4 Å². The van der Waals surface area contributed by atoms with E-state index in [9.17, 15) is 31.6 Å². The molecule has 2 heterocycles. The Morgan fingerprint density at radius 3 is 2.45 bits per heavy atom. The van der Waals surface area contributed by atoms with Crippen LogP contribution in [0.25, 0.3) is 11.1 Å². The molecule has 2 aromatic rings. The van der Waals surface area contributed by atoms with E-state index < -0.39 is 55.2 Å². The van der Waals surface area contributed by atoms with Gasteiger partial charge in [-0.2, -0.15) is 23.5 Å². The van der Waals surface area contributed by atoms with Crippen LogP contribution >= 0.6 is 0 Å². The minimum atomic E-state index is -4.93. The molecule has 9 nitrogen and oxygen atoms in total. The first-order chi connectivity index (χ1) is 17.8. The van der Waals surface area contributed by atoms with Gasteiger partial charge in [-0.05, 0) is 50.4 Å². The zero-order valence-corrected chi connectivity index (χ0v) is 22.1. The number of sulfone groups is 1. The lowest BCUT2D eigenvalue weighted by molar-refractivity contribution is -0.139. The van der Waals surface area contributed by atoms with Crippen LogP contribution in [0.15, 0.2) is 35.5 Å². The van der Waals surface area contributed by atoms with Crippen LogP contribution < -0.4 is 5.32 Å². The van der Waals surface area contributed by atoms with Gasteiger partial charge in [-0.25, -0.2) is 8.42 Å². The number of carbonyl (C=O) groups is 1. The third kappa shape index (κ3) is 5.43. The molecule has 38 heavy (non-hydrogen) atoms. The number of likely N-dealkylation sites (tertiary alicyclic amines) is 1. The predicted molar refractivity (Wildman–Crippen MR) is 131 cm³/mol. The number of nitriles is 1. The van der Waals surface area contributed by atoms with Crippen molar-refractivity contribution < 1.29 is 31.1 Å². The van der Waals surface area contributed by atoms with Gasteiger partial charge in [0.15, 0.2) is 9.84 Å². The van der Waals surface area contributed by atoms with Crippen molar-refractivity contribution in [2.75, 3.05) is 27.2 Å². The molecule has 2 aliphatic rings. The molecule has 1 saturated heterocycles. The number of piperidine rings is 1. The zero-order valence-electron chi connectivity index (χ0n) is 21.3. The minimum absolute atomic E-state index is 0.138. The summed E-state index contributed by atoms with van der Waals surface area (Å²) in [6.45, 7) is 1.22. The standard InChI is InChI=1S/C25H30F3N5O4S/c1-32-8-6-24(15-29,7-9-32)31-23(34)19-11-18(12-21(19)37-3)38(35,36)22-5-4-16(10-20(22)25(26,27)28)17-13-30-33(2)14-17/h4-5,10,13-14,18-19,21H,6-9,11-12H2,1-3H3,(H,31,34)/t18-,19-,21-/m0/s1. The van der Waals surface area contributed by atoms with Crippen LogP contribution in [0.4, 0.5) is 13.2 Å². The molecular formula is C25H30F3N5O4S. The Morgan fingerprint density at radius 2 is 1.89 bits per heavy atom. The average Bonchev–Trinajstić information content (AvgIpc) is 3.51. The van der Waals surface area contributed by atoms with Gasteiger partial charge in [-0.3, -0.25) is 9.48 Å². The van der Waals surface area contributed by atoms with Crippen LogP contribution in [0, 0.1) is 17.2 Å². The Hall–Kier alpha value is -2.95. The first-order valence-corrected chi connectivity index (χ1v) is 13.7. The summed E-state index contributed by atoms with van der Waals surface area (Å²) >= 11 is 0. The lowest BCUT2D eigenvalue weighted by Crippen LogP contribution is -2.55. The van der Waals surface area contributed by atoms with Gasteiger partial charge in [0.25, 0.3) is 0 Å². The summed E-state index contributed by atoms with van der Waals surface area (Å²) in [6, 6.07) is 5.29. The predicted octanol–water partition coefficient (Wildman–Crippen LogP) is 2.78. The fraction of sp³-hybridized carbons (Fsp3) is 0.560. The molecule has 0 unspecified atom stereocenters. The number of hydrogen-bond donors (Lipinski definition) is 1. The van der Waals surface area contributed by atoms with Crippen molar-refractivity contribution in [2.45, 2.75) is 53.6 Å². The molecule has 3 atom stereocenters. The van der Waals surface area contributed by atoms with Crippen molar-refractivity contribution in [1.29, 1.82) is 5.26 Å². The highest BCUT2D eigenvalue weighted by atomic mass is 32.2. The maximum atomic E-state index is 14.1. The molecule has 206 valence electrons. The van der Waals surface area contributed by atoms with E-state index >= 15 is 0 Å². The molecule has 4 rings (SSSR count). The summed E-state index contributed by atoms with van der Waals surface area (Å²) in [6.07, 6.45) is -2.34. The molecule has 2 fully saturated rings. The molecule has 13 heteroatoms. The number of rotatable bonds is 6. The molecule has 1 N–H and O–H groups in total. The first-order valence-electron chi connectivity index (χ1n) is 12.2. The third-order valence-corrected chi connectivity index (χ3v) is 9.82. The number of methoxy groups -OCH3 is 1. The van der Waals surface area contributed by atoms with Gasteiger partial charge in [0.2, 0.25) is 5.91 Å². The van der Waals surface area contributed by atoms with Crippen LogP contribution in [0.5, 0.6) is 0 Å². The van der Waals surface area contributed by atoms with Gasteiger partial charge in [0, 0.05) is 39.0 Å². The maximum absolute atomic E-state index is 14.1. The number of amides is 1. The number of aryl methyl sites for hydroxylation is 1. The SMILES string of the molecule is CO[C@H]1C[C@@H](S(=O)(=O)c2ccc(-c3cnn(C)c3)cc2C(F)(F)F)C[C@@H]1C(=O)NC1(C#N)CCN(C)CC1. The molecule has 0 spiro atoms. The van der Waals surface area contributed by atoms with Gasteiger partial charge in [-0.1, -0.05) is 6.07 Å². The number of nitrogens with zero attached hydrogens (tertiary/aromatic N) is 4. The van der Waals surface area contributed by atoms with Crippen molar-refractivity contribution in [3.8, 4) is 17.2 Å². The molecule has 1 aliphatic carbocycles. The molecule has 1 aromatic carbocycles. The van der Waals surface area contributed by atoms with E-state index in [1.54, 1.807) is 7.05 Å². The van der Waals surface area contributed by atoms with E-state index in [2.05, 4.69) is 16.5 Å². The number of aromatic nitrogens is 2. The van der Waals surface area contributed by atoms with E-state index in [0.717, 1.165) is 12.1 Å². The molecule has 0 bridgehead atoms. The number of alkyl halides is 3. The topological polar surface area (TPSA) is 117 Å². The second-order valence-electron chi connectivity index (χ2n) is 10.1. The van der Waals surface area contributed by atoms with E-state index in [0.29, 0.717) is 31.5 Å². The summed E-state index contributed by atoms with van der Waals surface area (Å²) in [5.41, 5.74) is -1.75. The minimum Gasteiger partial charge on any atom is -0.381 e. The van der Waals surface area contributed by atoms with Crippen molar-refractivity contribution in [3.05, 3.63) is 36.2 Å². The number of halogens is 3. The Morgan fingerprint density at radius 1 is 1.21 bits per heavy atom. The molecular weight excluding hydrogens is 523 g/mol. The second-order valence-corrected chi connectivity index (χ2v) is 12.3. The van der Waals surface area contributed by atoms with Crippen molar-refractivity contribution >= 4 is 15.7 Å². The first kappa shape index (κ1) is 28.1. The van der Waals surface area contributed by atoms with E-state index in [4.69, 9.17) is 4.74 Å². The highest BCUT2D eigenvalue weighted by Gasteiger charge is 2.49. The molecule has 1 aromatic heterocycles. The van der Waals surface area contributed by atoms with E-state index in [1.165, 1.54) is 30.3 Å². The van der Waals surface area contributed by atoms with Crippen LogP contribution in [-0.4, -0.2) is 73.1 Å². The summed E-state index contributed by atoms with van der Waals surface area (Å²) < 4.78 is 76.2. The summed E-state index contributed by atoms with van der Waals surface area (Å²) in [5.74, 6) is -1.45. The highest BCUT2D eigenvalue weighted by molar-refractivity contribution is 7.92. The molecule has 0 radical (unpaired) electrons. The van der Waals surface area contributed by atoms with Gasteiger partial charge in [-0.15, -0.1) is 0 Å². The van der Waals surface area contributed by atoms with E-state index in [1.807, 2.05) is 11.9 Å². The molecule has 1 saturated carbocycles. The Labute approximate surface area is 219 Å². The highest BCUT2D eigenvalue weighted by Crippen LogP contribution is 2.42. The van der Waals surface area contributed by atoms with Gasteiger partial charge < -0.3 is 15.0 Å². The lowest BCUT2D eigenvalue weighted by Gasteiger charge is -2.37. The van der Waals surface area contributed by atoms with Crippen molar-refractivity contribution in [1.82, 2.24) is 20.0 Å². The number of carbonyl (C=O) groups excluding carboxylic acids is 1. The van der Waals surface area contributed by atoms with Gasteiger partial charge in [0.05, 0.1) is 40.0 Å². The van der Waals surface area contributed by atoms with Crippen LogP contribution in [0.2, 0.25) is 0 Å². The number of nitrogens with one attached hydrogen (secondary N) is 1. The summed E-state index contributed by atoms with van der Waals surface area (Å²) in [5, 5.41) is 15.3. The maximum Gasteiger partial charge on any atom is 0.417 e. The fourth-order valence-electron chi connectivity index (χ4n) is 5.27. The normalized spacial score (nSPS) is 24.2. The second kappa shape index (κ2) is 10.3. The number of ether oxygens (including phenoxy) is 1. The number of benzene rings is 1. The average molecular weight is 554 g/mol. The summed E-state index contributed by atoms with van der Waals surface area (Å²) in [7, 11) is 0.377. The summed E-state index contributed by atoms with van der Waals surface area (Å²) in [4.78, 5) is 14.4. The lowest BCUT2D eigenvalue weighted by atomic mass is 9.88. The van der Waals surface area contributed by atoms with Gasteiger partial charge >= 0.3 is 6.18 Å². The Balaban J connectivity index is 1.61. The van der Waals surface area contributed by atoms with Crippen molar-refractivity contribution in [3.63, 3.8) is 0 Å². The smallest absolute Gasteiger partial charge is 0.381 e. The van der Waals surface area contributed by atoms with Crippen LogP contribution in [0.3, 0.4) is 0 Å². The zero-order chi connectivity index (χ0) is 27.9. The van der Waals surface area contributed by atoms with Crippen LogP contribution in [-0.2, 0) is 32.6 Å². The Bertz CT molecular complexity index is 1340. The van der Waals surface area contributed by atoms with Crippen LogP contribution in [0.1, 0.15) is 31.2 Å². The van der Waals surface area contributed by atoms with Crippen molar-refractivity contribution in [2.24, 2.45) is 13.0 Å². The largest absolute Gasteiger partial charge is 0.417 e. The fourth-order valence-corrected chi connectivity index (χ4v) is 7.27. The monoisotopic (exact) mass is 553 g/mol.